The van der Waals surface area contributed by atoms with E-state index in [1.807, 2.05) is 26.8 Å². The van der Waals surface area contributed by atoms with E-state index >= 15 is 0 Å². The summed E-state index contributed by atoms with van der Waals surface area (Å²) in [6.45, 7) is 5.87. The molecule has 1 aromatic carbocycles. The summed E-state index contributed by atoms with van der Waals surface area (Å²) in [4.78, 5) is 22.6. The summed E-state index contributed by atoms with van der Waals surface area (Å²) in [6.07, 6.45) is 0.0608. The van der Waals surface area contributed by atoms with Crippen LogP contribution in [-0.2, 0) is 9.53 Å². The lowest BCUT2D eigenvalue weighted by Gasteiger charge is -2.19. The Labute approximate surface area is 135 Å². The Kier molecular flexibility index (Phi) is 5.12. The van der Waals surface area contributed by atoms with Gasteiger partial charge in [-0.05, 0) is 39.0 Å². The standard InChI is InChI=1S/C17H20N2O4/c1-17(2,3)23-16(21)18-9-5-4-6-12-7-8-13-14(10-12)22-11-15(20)19-13/h7-8,10H,5,9,11H2,1-3H3,(H,18,21)(H,19,20). The minimum absolute atomic E-state index is 0.0175. The van der Waals surface area contributed by atoms with Gasteiger partial charge >= 0.3 is 6.09 Å². The van der Waals surface area contributed by atoms with Crippen molar-refractivity contribution < 1.29 is 19.1 Å². The van der Waals surface area contributed by atoms with Crippen molar-refractivity contribution in [2.45, 2.75) is 32.8 Å². The van der Waals surface area contributed by atoms with Gasteiger partial charge in [-0.15, -0.1) is 0 Å². The molecule has 6 nitrogen and oxygen atoms in total. The fourth-order valence-corrected chi connectivity index (χ4v) is 1.86. The van der Waals surface area contributed by atoms with Crippen molar-refractivity contribution in [1.82, 2.24) is 5.32 Å². The fraction of sp³-hybridized carbons (Fsp3) is 0.412. The van der Waals surface area contributed by atoms with Crippen molar-refractivity contribution in [3.63, 3.8) is 0 Å². The molecule has 0 atom stereocenters. The Morgan fingerprint density at radius 2 is 2.22 bits per heavy atom. The first-order valence-corrected chi connectivity index (χ1v) is 7.36. The highest BCUT2D eigenvalue weighted by Gasteiger charge is 2.16. The lowest BCUT2D eigenvalue weighted by atomic mass is 10.1. The Bertz CT molecular complexity index is 665. The zero-order valence-corrected chi connectivity index (χ0v) is 13.5. The molecular formula is C17H20N2O4. The molecule has 0 aromatic heterocycles. The summed E-state index contributed by atoms with van der Waals surface area (Å²) < 4.78 is 10.5. The van der Waals surface area contributed by atoms with Gasteiger partial charge in [-0.2, -0.15) is 0 Å². The molecule has 0 saturated carbocycles. The Hall–Kier alpha value is -2.68. The topological polar surface area (TPSA) is 76.7 Å². The minimum Gasteiger partial charge on any atom is -0.482 e. The highest BCUT2D eigenvalue weighted by atomic mass is 16.6. The van der Waals surface area contributed by atoms with Crippen molar-refractivity contribution >= 4 is 17.7 Å². The van der Waals surface area contributed by atoms with Crippen LogP contribution in [0.3, 0.4) is 0 Å². The quantitative estimate of drug-likeness (QED) is 0.648. The number of nitrogens with one attached hydrogen (secondary N) is 2. The van der Waals surface area contributed by atoms with Crippen LogP contribution >= 0.6 is 0 Å². The Morgan fingerprint density at radius 3 is 2.96 bits per heavy atom. The van der Waals surface area contributed by atoms with E-state index in [0.29, 0.717) is 24.4 Å². The molecule has 1 aliphatic heterocycles. The molecule has 0 aliphatic carbocycles. The normalized spacial score (nSPS) is 12.9. The van der Waals surface area contributed by atoms with E-state index in [4.69, 9.17) is 9.47 Å². The van der Waals surface area contributed by atoms with E-state index in [-0.39, 0.29) is 12.5 Å². The van der Waals surface area contributed by atoms with Crippen molar-refractivity contribution in [1.29, 1.82) is 0 Å². The van der Waals surface area contributed by atoms with Crippen LogP contribution in [0.25, 0.3) is 0 Å². The summed E-state index contributed by atoms with van der Waals surface area (Å²) in [6, 6.07) is 5.35. The van der Waals surface area contributed by atoms with Gasteiger partial charge in [0.25, 0.3) is 5.91 Å². The van der Waals surface area contributed by atoms with Crippen molar-refractivity contribution in [2.75, 3.05) is 18.5 Å². The van der Waals surface area contributed by atoms with Crippen molar-refractivity contribution in [3.05, 3.63) is 23.8 Å². The lowest BCUT2D eigenvalue weighted by molar-refractivity contribution is -0.118. The predicted octanol–water partition coefficient (Wildman–Crippen LogP) is 2.28. The second kappa shape index (κ2) is 7.05. The van der Waals surface area contributed by atoms with Gasteiger partial charge in [0.1, 0.15) is 11.4 Å². The summed E-state index contributed by atoms with van der Waals surface area (Å²) in [7, 11) is 0. The average molecular weight is 316 g/mol. The number of benzene rings is 1. The first-order valence-electron chi connectivity index (χ1n) is 7.36. The number of alkyl carbamates (subject to hydrolysis) is 1. The molecule has 0 saturated heterocycles. The van der Waals surface area contributed by atoms with Gasteiger partial charge in [-0.25, -0.2) is 4.79 Å². The third kappa shape index (κ3) is 5.55. The first-order chi connectivity index (χ1) is 10.8. The molecule has 0 spiro atoms. The maximum atomic E-state index is 11.4. The summed E-state index contributed by atoms with van der Waals surface area (Å²) in [5.74, 6) is 6.42. The molecule has 0 fully saturated rings. The molecule has 2 rings (SSSR count). The van der Waals surface area contributed by atoms with E-state index in [9.17, 15) is 9.59 Å². The summed E-state index contributed by atoms with van der Waals surface area (Å²) in [5.41, 5.74) is 0.935. The van der Waals surface area contributed by atoms with Gasteiger partial charge in [0.05, 0.1) is 5.69 Å². The van der Waals surface area contributed by atoms with Gasteiger partial charge in [-0.1, -0.05) is 11.8 Å². The van der Waals surface area contributed by atoms with Gasteiger partial charge in [0.15, 0.2) is 6.61 Å². The molecule has 0 bridgehead atoms. The Morgan fingerprint density at radius 1 is 1.43 bits per heavy atom. The molecule has 0 unspecified atom stereocenters. The van der Waals surface area contributed by atoms with Crippen LogP contribution in [0.15, 0.2) is 18.2 Å². The number of anilines is 1. The number of carbonyl (C=O) groups is 2. The predicted molar refractivity (Wildman–Crippen MR) is 86.3 cm³/mol. The van der Waals surface area contributed by atoms with Crippen LogP contribution in [0.5, 0.6) is 5.75 Å². The van der Waals surface area contributed by atoms with Crippen LogP contribution in [0.2, 0.25) is 0 Å². The molecule has 1 aliphatic rings. The SMILES string of the molecule is CC(C)(C)OC(=O)NCCC#Cc1ccc2c(c1)OCC(=O)N2. The fourth-order valence-electron chi connectivity index (χ4n) is 1.86. The van der Waals surface area contributed by atoms with E-state index in [0.717, 1.165) is 5.56 Å². The van der Waals surface area contributed by atoms with Crippen molar-refractivity contribution in [2.24, 2.45) is 0 Å². The number of hydrogen-bond acceptors (Lipinski definition) is 4. The zero-order chi connectivity index (χ0) is 16.9. The molecule has 122 valence electrons. The number of rotatable bonds is 2. The number of ether oxygens (including phenoxy) is 2. The van der Waals surface area contributed by atoms with Gasteiger partial charge < -0.3 is 20.1 Å². The molecule has 1 aromatic rings. The summed E-state index contributed by atoms with van der Waals surface area (Å²) in [5, 5.41) is 5.37. The van der Waals surface area contributed by atoms with Crippen LogP contribution in [0.4, 0.5) is 10.5 Å². The van der Waals surface area contributed by atoms with Crippen LogP contribution in [-0.4, -0.2) is 30.8 Å². The molecule has 0 radical (unpaired) electrons. The highest BCUT2D eigenvalue weighted by molar-refractivity contribution is 5.95. The second-order valence-corrected chi connectivity index (χ2v) is 6.03. The Balaban J connectivity index is 1.81. The van der Waals surface area contributed by atoms with E-state index in [1.54, 1.807) is 12.1 Å². The van der Waals surface area contributed by atoms with Crippen LogP contribution < -0.4 is 15.4 Å². The second-order valence-electron chi connectivity index (χ2n) is 6.03. The van der Waals surface area contributed by atoms with E-state index in [1.165, 1.54) is 0 Å². The molecule has 1 heterocycles. The zero-order valence-electron chi connectivity index (χ0n) is 13.5. The maximum Gasteiger partial charge on any atom is 0.407 e. The monoisotopic (exact) mass is 316 g/mol. The molecule has 23 heavy (non-hydrogen) atoms. The third-order valence-corrected chi connectivity index (χ3v) is 2.77. The smallest absolute Gasteiger partial charge is 0.407 e. The van der Waals surface area contributed by atoms with Gasteiger partial charge in [0, 0.05) is 18.5 Å². The third-order valence-electron chi connectivity index (χ3n) is 2.77. The van der Waals surface area contributed by atoms with Gasteiger partial charge in [0.2, 0.25) is 0 Å². The van der Waals surface area contributed by atoms with Crippen LogP contribution in [0.1, 0.15) is 32.8 Å². The summed E-state index contributed by atoms with van der Waals surface area (Å²) >= 11 is 0. The molecular weight excluding hydrogens is 296 g/mol. The molecule has 2 amide bonds. The molecule has 6 heteroatoms. The number of hydrogen-bond donors (Lipinski definition) is 2. The van der Waals surface area contributed by atoms with E-state index in [2.05, 4.69) is 22.5 Å². The lowest BCUT2D eigenvalue weighted by Crippen LogP contribution is -2.32. The number of fused-ring (bicyclic) bond motifs is 1. The molecule has 2 N–H and O–H groups in total. The van der Waals surface area contributed by atoms with E-state index < -0.39 is 11.7 Å². The largest absolute Gasteiger partial charge is 0.482 e. The average Bonchev–Trinajstić information content (AvgIpc) is 2.45. The number of amides is 2. The van der Waals surface area contributed by atoms with Crippen molar-refractivity contribution in [3.8, 4) is 17.6 Å². The first kappa shape index (κ1) is 16.7. The maximum absolute atomic E-state index is 11.4. The number of carbonyl (C=O) groups excluding carboxylic acids is 2. The minimum atomic E-state index is -0.506. The van der Waals surface area contributed by atoms with Gasteiger partial charge in [-0.3, -0.25) is 4.79 Å². The highest BCUT2D eigenvalue weighted by Crippen LogP contribution is 2.28. The van der Waals surface area contributed by atoms with Crippen LogP contribution in [0, 0.1) is 11.8 Å².